The maximum absolute atomic E-state index is 11.9. The average molecular weight is 264 g/mol. The summed E-state index contributed by atoms with van der Waals surface area (Å²) in [6, 6.07) is 7.46. The largest absolute Gasteiger partial charge is 0.481 e. The molecule has 0 radical (unpaired) electrons. The second-order valence-corrected chi connectivity index (χ2v) is 5.86. The van der Waals surface area contributed by atoms with Crippen molar-refractivity contribution in [3.05, 3.63) is 29.8 Å². The summed E-state index contributed by atoms with van der Waals surface area (Å²) in [4.78, 5) is 11.9. The first-order chi connectivity index (χ1) is 8.69. The molecular weight excluding hydrogens is 240 g/mol. The van der Waals surface area contributed by atoms with Crippen molar-refractivity contribution in [1.29, 1.82) is 0 Å². The van der Waals surface area contributed by atoms with E-state index in [0.29, 0.717) is 5.75 Å². The van der Waals surface area contributed by atoms with Crippen molar-refractivity contribution in [2.75, 3.05) is 0 Å². The minimum Gasteiger partial charge on any atom is -0.481 e. The van der Waals surface area contributed by atoms with Gasteiger partial charge in [-0.1, -0.05) is 12.1 Å². The normalized spacial score (nSPS) is 14.6. The van der Waals surface area contributed by atoms with Gasteiger partial charge in [0.1, 0.15) is 5.75 Å². The predicted octanol–water partition coefficient (Wildman–Crippen LogP) is 2.39. The van der Waals surface area contributed by atoms with Crippen LogP contribution in [0.3, 0.4) is 0 Å². The molecule has 3 N–H and O–H groups in total. The van der Waals surface area contributed by atoms with Gasteiger partial charge in [-0.25, -0.2) is 0 Å². The Morgan fingerprint density at radius 3 is 2.47 bits per heavy atom. The van der Waals surface area contributed by atoms with Gasteiger partial charge < -0.3 is 15.8 Å². The Balaban J connectivity index is 2.69. The highest BCUT2D eigenvalue weighted by atomic mass is 16.5. The zero-order chi connectivity index (χ0) is 14.6. The van der Waals surface area contributed by atoms with Gasteiger partial charge in [0.25, 0.3) is 5.91 Å². The average Bonchev–Trinajstić information content (AvgIpc) is 2.27. The third-order valence-electron chi connectivity index (χ3n) is 2.56. The van der Waals surface area contributed by atoms with Crippen molar-refractivity contribution in [2.24, 2.45) is 5.73 Å². The molecule has 0 fully saturated rings. The summed E-state index contributed by atoms with van der Waals surface area (Å²) in [6.07, 6.45) is -0.539. The highest BCUT2D eigenvalue weighted by Crippen LogP contribution is 2.18. The molecule has 1 aromatic carbocycles. The number of amides is 1. The van der Waals surface area contributed by atoms with Crippen molar-refractivity contribution in [1.82, 2.24) is 5.32 Å². The van der Waals surface area contributed by atoms with Crippen LogP contribution in [-0.4, -0.2) is 17.6 Å². The fourth-order valence-corrected chi connectivity index (χ4v) is 1.60. The Morgan fingerprint density at radius 2 is 1.95 bits per heavy atom. The number of rotatable bonds is 4. The van der Waals surface area contributed by atoms with Crippen LogP contribution in [0.25, 0.3) is 0 Å². The van der Waals surface area contributed by atoms with E-state index < -0.39 is 6.10 Å². The van der Waals surface area contributed by atoms with E-state index in [1.54, 1.807) is 6.92 Å². The Bertz CT molecular complexity index is 436. The topological polar surface area (TPSA) is 64.3 Å². The standard InChI is InChI=1S/C15H24N2O2/c1-10(16)12-7-6-8-13(9-12)19-11(2)14(18)17-15(3,4)5/h6-11H,16H2,1-5H3,(H,17,18)/t10-,11?/m1/s1. The summed E-state index contributed by atoms with van der Waals surface area (Å²) in [5.74, 6) is 0.532. The van der Waals surface area contributed by atoms with Crippen LogP contribution >= 0.6 is 0 Å². The van der Waals surface area contributed by atoms with E-state index >= 15 is 0 Å². The van der Waals surface area contributed by atoms with Crippen LogP contribution < -0.4 is 15.8 Å². The number of nitrogens with two attached hydrogens (primary N) is 1. The first-order valence-corrected chi connectivity index (χ1v) is 6.53. The molecule has 1 amide bonds. The van der Waals surface area contributed by atoms with E-state index in [1.165, 1.54) is 0 Å². The van der Waals surface area contributed by atoms with Gasteiger partial charge in [-0.3, -0.25) is 4.79 Å². The molecule has 0 aromatic heterocycles. The smallest absolute Gasteiger partial charge is 0.261 e. The minimum atomic E-state index is -0.539. The number of benzene rings is 1. The number of carbonyl (C=O) groups is 1. The Labute approximate surface area is 115 Å². The third-order valence-corrected chi connectivity index (χ3v) is 2.56. The van der Waals surface area contributed by atoms with Gasteiger partial charge >= 0.3 is 0 Å². The lowest BCUT2D eigenvalue weighted by molar-refractivity contribution is -0.128. The van der Waals surface area contributed by atoms with Gasteiger partial charge in [-0.05, 0) is 52.3 Å². The molecule has 0 heterocycles. The quantitative estimate of drug-likeness (QED) is 0.877. The Kier molecular flexibility index (Phi) is 4.95. The van der Waals surface area contributed by atoms with Crippen LogP contribution in [0.2, 0.25) is 0 Å². The number of hydrogen-bond donors (Lipinski definition) is 2. The van der Waals surface area contributed by atoms with Crippen molar-refractivity contribution >= 4 is 5.91 Å². The van der Waals surface area contributed by atoms with Crippen LogP contribution in [0, 0.1) is 0 Å². The fraction of sp³-hybridized carbons (Fsp3) is 0.533. The molecule has 0 saturated heterocycles. The maximum Gasteiger partial charge on any atom is 0.261 e. The number of carbonyl (C=O) groups excluding carboxylic acids is 1. The highest BCUT2D eigenvalue weighted by Gasteiger charge is 2.20. The molecule has 4 heteroatoms. The summed E-state index contributed by atoms with van der Waals surface area (Å²) < 4.78 is 5.65. The van der Waals surface area contributed by atoms with E-state index in [4.69, 9.17) is 10.5 Å². The van der Waals surface area contributed by atoms with E-state index in [0.717, 1.165) is 5.56 Å². The summed E-state index contributed by atoms with van der Waals surface area (Å²) in [7, 11) is 0. The SMILES string of the molecule is CC(Oc1cccc([C@@H](C)N)c1)C(=O)NC(C)(C)C. The van der Waals surface area contributed by atoms with E-state index in [1.807, 2.05) is 52.0 Å². The maximum atomic E-state index is 11.9. The van der Waals surface area contributed by atoms with Crippen LogP contribution in [0.5, 0.6) is 5.75 Å². The lowest BCUT2D eigenvalue weighted by Gasteiger charge is -2.23. The molecule has 0 spiro atoms. The van der Waals surface area contributed by atoms with Gasteiger partial charge in [0.2, 0.25) is 0 Å². The lowest BCUT2D eigenvalue weighted by atomic mass is 10.1. The molecular formula is C15H24N2O2. The van der Waals surface area contributed by atoms with Crippen LogP contribution in [0.15, 0.2) is 24.3 Å². The van der Waals surface area contributed by atoms with Crippen molar-refractivity contribution in [3.8, 4) is 5.75 Å². The molecule has 0 aliphatic carbocycles. The molecule has 0 saturated carbocycles. The first kappa shape index (κ1) is 15.5. The lowest BCUT2D eigenvalue weighted by Crippen LogP contribution is -2.46. The van der Waals surface area contributed by atoms with Gasteiger partial charge in [0.15, 0.2) is 6.10 Å². The Hall–Kier alpha value is -1.55. The van der Waals surface area contributed by atoms with E-state index in [-0.39, 0.29) is 17.5 Å². The molecule has 0 bridgehead atoms. The van der Waals surface area contributed by atoms with Crippen LogP contribution in [0.1, 0.15) is 46.2 Å². The Morgan fingerprint density at radius 1 is 1.32 bits per heavy atom. The molecule has 1 unspecified atom stereocenters. The summed E-state index contributed by atoms with van der Waals surface area (Å²) in [5.41, 5.74) is 6.55. The molecule has 0 aliphatic heterocycles. The van der Waals surface area contributed by atoms with Gasteiger partial charge in [-0.15, -0.1) is 0 Å². The van der Waals surface area contributed by atoms with Gasteiger partial charge in [0.05, 0.1) is 0 Å². The molecule has 4 nitrogen and oxygen atoms in total. The number of hydrogen-bond acceptors (Lipinski definition) is 3. The van der Waals surface area contributed by atoms with E-state index in [9.17, 15) is 4.79 Å². The predicted molar refractivity (Wildman–Crippen MR) is 77.0 cm³/mol. The second-order valence-electron chi connectivity index (χ2n) is 5.86. The molecule has 1 rings (SSSR count). The second kappa shape index (κ2) is 6.06. The molecule has 106 valence electrons. The summed E-state index contributed by atoms with van der Waals surface area (Å²) in [6.45, 7) is 9.46. The third kappa shape index (κ3) is 5.30. The molecule has 1 aromatic rings. The summed E-state index contributed by atoms with van der Waals surface area (Å²) in [5, 5.41) is 2.89. The molecule has 19 heavy (non-hydrogen) atoms. The zero-order valence-corrected chi connectivity index (χ0v) is 12.4. The van der Waals surface area contributed by atoms with Crippen LogP contribution in [-0.2, 0) is 4.79 Å². The first-order valence-electron chi connectivity index (χ1n) is 6.53. The van der Waals surface area contributed by atoms with Crippen molar-refractivity contribution < 1.29 is 9.53 Å². The van der Waals surface area contributed by atoms with Crippen molar-refractivity contribution in [3.63, 3.8) is 0 Å². The highest BCUT2D eigenvalue weighted by molar-refractivity contribution is 5.81. The van der Waals surface area contributed by atoms with E-state index in [2.05, 4.69) is 5.32 Å². The van der Waals surface area contributed by atoms with Crippen molar-refractivity contribution in [2.45, 2.75) is 52.3 Å². The van der Waals surface area contributed by atoms with Crippen LogP contribution in [0.4, 0.5) is 0 Å². The molecule has 2 atom stereocenters. The minimum absolute atomic E-state index is 0.0535. The number of ether oxygens (including phenoxy) is 1. The summed E-state index contributed by atoms with van der Waals surface area (Å²) >= 11 is 0. The zero-order valence-electron chi connectivity index (χ0n) is 12.4. The fourth-order valence-electron chi connectivity index (χ4n) is 1.60. The molecule has 0 aliphatic rings. The monoisotopic (exact) mass is 264 g/mol. The van der Waals surface area contributed by atoms with Gasteiger partial charge in [0, 0.05) is 11.6 Å². The van der Waals surface area contributed by atoms with Gasteiger partial charge in [-0.2, -0.15) is 0 Å². The number of nitrogens with one attached hydrogen (secondary N) is 1.